The van der Waals surface area contributed by atoms with E-state index < -0.39 is 23.4 Å². The fourth-order valence-electron chi connectivity index (χ4n) is 4.98. The molecule has 0 aliphatic heterocycles. The Labute approximate surface area is 372 Å². The van der Waals surface area contributed by atoms with E-state index in [-0.39, 0.29) is 68.9 Å². The molecule has 15 nitrogen and oxygen atoms in total. The van der Waals surface area contributed by atoms with E-state index in [0.717, 1.165) is 11.1 Å². The number of halogens is 1. The van der Waals surface area contributed by atoms with Crippen LogP contribution in [-0.2, 0) is 56.0 Å². The second-order valence-electron chi connectivity index (χ2n) is 16.1. The monoisotopic (exact) mass is 885 g/mol. The molecule has 0 unspecified atom stereocenters. The highest BCUT2D eigenvalue weighted by molar-refractivity contribution is 5.85. The molecule has 61 heavy (non-hydrogen) atoms. The van der Waals surface area contributed by atoms with Crippen molar-refractivity contribution >= 4 is 42.8 Å². The number of alkyl carbamates (subject to hydrolysis) is 2. The van der Waals surface area contributed by atoms with E-state index in [1.54, 1.807) is 27.8 Å². The molecule has 2 amide bonds. The van der Waals surface area contributed by atoms with Gasteiger partial charge < -0.3 is 49.2 Å². The van der Waals surface area contributed by atoms with Gasteiger partial charge in [-0.3, -0.25) is 14.5 Å². The number of hydrogen-bond acceptors (Lipinski definition) is 13. The molecule has 0 bridgehead atoms. The summed E-state index contributed by atoms with van der Waals surface area (Å²) >= 11 is 0. The number of carbonyl (C=O) groups is 5. The lowest BCUT2D eigenvalue weighted by Crippen LogP contribution is -2.45. The molecule has 350 valence electrons. The number of esters is 2. The van der Waals surface area contributed by atoms with Crippen molar-refractivity contribution in [3.63, 3.8) is 0 Å². The van der Waals surface area contributed by atoms with Crippen molar-refractivity contribution in [1.82, 2.24) is 20.9 Å². The molecule has 0 spiro atoms. The summed E-state index contributed by atoms with van der Waals surface area (Å²) in [5, 5.41) is 8.10. The molecular weight excluding hydrogens is 808 g/mol. The van der Waals surface area contributed by atoms with Gasteiger partial charge in [0, 0.05) is 19.6 Å². The Morgan fingerprint density at radius 3 is 1.48 bits per heavy atom. The number of rotatable bonds is 21. The minimum Gasteiger partial charge on any atom is -0.460 e. The quantitative estimate of drug-likeness (QED) is 0.0506. The Kier molecular flexibility index (Phi) is 34.3. The van der Waals surface area contributed by atoms with Crippen LogP contribution in [-0.4, -0.2) is 119 Å². The first kappa shape index (κ1) is 61.0. The van der Waals surface area contributed by atoms with E-state index in [2.05, 4.69) is 16.0 Å². The van der Waals surface area contributed by atoms with Crippen molar-refractivity contribution in [2.75, 3.05) is 60.2 Å². The van der Waals surface area contributed by atoms with Gasteiger partial charge in [-0.25, -0.2) is 9.59 Å². The molecule has 16 heteroatoms. The van der Waals surface area contributed by atoms with Crippen LogP contribution in [0.2, 0.25) is 0 Å². The third-order valence-electron chi connectivity index (χ3n) is 7.63. The fraction of sp³-hybridized carbons (Fsp3) is 0.622. The lowest BCUT2D eigenvalue weighted by atomic mass is 10.0. The molecule has 2 aromatic rings. The molecule has 0 radical (unpaired) electrons. The highest BCUT2D eigenvalue weighted by atomic mass is 35.5. The predicted octanol–water partition coefficient (Wildman–Crippen LogP) is 6.99. The van der Waals surface area contributed by atoms with Crippen molar-refractivity contribution in [2.45, 2.75) is 113 Å². The zero-order valence-corrected chi connectivity index (χ0v) is 38.7. The van der Waals surface area contributed by atoms with Crippen LogP contribution >= 0.6 is 12.4 Å². The molecule has 0 saturated heterocycles. The van der Waals surface area contributed by atoms with E-state index in [1.807, 2.05) is 121 Å². The summed E-state index contributed by atoms with van der Waals surface area (Å²) in [5.74, 6) is -0.0929. The zero-order chi connectivity index (χ0) is 44.9. The third-order valence-corrected chi connectivity index (χ3v) is 7.63. The van der Waals surface area contributed by atoms with Crippen LogP contribution < -0.4 is 16.0 Å². The minimum atomic E-state index is -0.519. The van der Waals surface area contributed by atoms with Crippen molar-refractivity contribution in [2.24, 2.45) is 11.8 Å². The number of likely N-dealkylation sites (N-methyl/N-ethyl adjacent to an activating group) is 2. The van der Waals surface area contributed by atoms with Crippen LogP contribution in [0.3, 0.4) is 0 Å². The summed E-state index contributed by atoms with van der Waals surface area (Å²) in [6, 6.07) is 18.7. The number of carbonyl (C=O) groups excluding carboxylic acids is 5. The maximum atomic E-state index is 12.6. The van der Waals surface area contributed by atoms with Crippen molar-refractivity contribution in [3.8, 4) is 0 Å². The first-order valence-corrected chi connectivity index (χ1v) is 20.0. The Hall–Kier alpha value is -4.28. The lowest BCUT2D eigenvalue weighted by Gasteiger charge is -2.29. The number of nitrogens with one attached hydrogen (secondary N) is 3. The number of aldehydes is 1. The van der Waals surface area contributed by atoms with Crippen LogP contribution in [0.1, 0.15) is 87.8 Å². The molecule has 2 atom stereocenters. The Morgan fingerprint density at radius 2 is 1.10 bits per heavy atom. The van der Waals surface area contributed by atoms with E-state index in [0.29, 0.717) is 52.3 Å². The van der Waals surface area contributed by atoms with Crippen LogP contribution in [0.15, 0.2) is 60.7 Å². The second kappa shape index (κ2) is 34.3. The van der Waals surface area contributed by atoms with Gasteiger partial charge in [-0.05, 0) is 78.6 Å². The topological polar surface area (TPSA) is 180 Å². The van der Waals surface area contributed by atoms with Gasteiger partial charge in [0.1, 0.15) is 49.4 Å². The van der Waals surface area contributed by atoms with E-state index in [9.17, 15) is 24.0 Å². The van der Waals surface area contributed by atoms with Crippen molar-refractivity contribution in [1.29, 1.82) is 0 Å². The van der Waals surface area contributed by atoms with Crippen LogP contribution in [0, 0.1) is 11.8 Å². The Balaban J connectivity index is -0.000000892. The highest BCUT2D eigenvalue weighted by Gasteiger charge is 2.28. The van der Waals surface area contributed by atoms with Gasteiger partial charge in [0.2, 0.25) is 0 Å². The van der Waals surface area contributed by atoms with Crippen molar-refractivity contribution in [3.05, 3.63) is 71.8 Å². The molecule has 0 fully saturated rings. The molecular formula is C45H77ClN4O11. The number of ether oxygens (including phenoxy) is 6. The summed E-state index contributed by atoms with van der Waals surface area (Å²) in [4.78, 5) is 58.6. The summed E-state index contributed by atoms with van der Waals surface area (Å²) in [6.45, 7) is 21.8. The van der Waals surface area contributed by atoms with Crippen molar-refractivity contribution < 1.29 is 52.4 Å². The number of benzene rings is 2. The van der Waals surface area contributed by atoms with Crippen LogP contribution in [0.5, 0.6) is 0 Å². The third kappa shape index (κ3) is 33.1. The summed E-state index contributed by atoms with van der Waals surface area (Å²) in [7, 11) is 3.66. The molecule has 0 aliphatic rings. The number of hydrogen-bond donors (Lipinski definition) is 3. The summed E-state index contributed by atoms with van der Waals surface area (Å²) in [5.41, 5.74) is 0.962. The standard InChI is InChI=1S/C22H36N2O5.C13H19NO2.C9H17NO4.CH4.ClH/c1-17(2)19(20(25)28-16-18-10-8-7-9-11-18)24(6)13-15-27-14-12-23-21(26)29-22(3,4)5;1-10(2)12(14-3)13(15)16-9-11-7-5-4-6-8-11;1-9(2,3)14-8(12)10-4-6-13-7-5-11;;/h7-11,17,19H,12-16H2,1-6H3,(H,23,26);4-8,10,12,14H,9H2,1-3H3;5H,4,6-7H2,1-3H3,(H,10,12);1H4;1H/t19-;12-;;;/m00.../s1. The number of amides is 2. The van der Waals surface area contributed by atoms with Gasteiger partial charge in [-0.2, -0.15) is 0 Å². The van der Waals surface area contributed by atoms with Gasteiger partial charge in [0.25, 0.3) is 0 Å². The molecule has 2 rings (SSSR count). The first-order valence-electron chi connectivity index (χ1n) is 20.0. The smallest absolute Gasteiger partial charge is 0.407 e. The first-order chi connectivity index (χ1) is 27.7. The average Bonchev–Trinajstić information content (AvgIpc) is 3.14. The van der Waals surface area contributed by atoms with E-state index in [1.165, 1.54) is 0 Å². The normalized spacial score (nSPS) is 11.8. The van der Waals surface area contributed by atoms with Gasteiger partial charge >= 0.3 is 24.1 Å². The average molecular weight is 886 g/mol. The van der Waals surface area contributed by atoms with Gasteiger partial charge in [-0.1, -0.05) is 95.8 Å². The number of nitrogens with zero attached hydrogens (tertiary/aromatic N) is 1. The maximum Gasteiger partial charge on any atom is 0.407 e. The fourth-order valence-corrected chi connectivity index (χ4v) is 4.98. The minimum absolute atomic E-state index is 0. The van der Waals surface area contributed by atoms with E-state index in [4.69, 9.17) is 28.4 Å². The largest absolute Gasteiger partial charge is 0.460 e. The Morgan fingerprint density at radius 1 is 0.672 bits per heavy atom. The summed E-state index contributed by atoms with van der Waals surface area (Å²) < 4.78 is 31.3. The molecule has 0 saturated carbocycles. The lowest BCUT2D eigenvalue weighted by molar-refractivity contribution is -0.153. The molecule has 2 aromatic carbocycles. The maximum absolute atomic E-state index is 12.6. The zero-order valence-electron chi connectivity index (χ0n) is 37.9. The molecule has 0 aliphatic carbocycles. The molecule has 0 heterocycles. The predicted molar refractivity (Wildman–Crippen MR) is 242 cm³/mol. The molecule has 0 aromatic heterocycles. The summed E-state index contributed by atoms with van der Waals surface area (Å²) in [6.07, 6.45) is -0.278. The van der Waals surface area contributed by atoms with Gasteiger partial charge in [-0.15, -0.1) is 12.4 Å². The van der Waals surface area contributed by atoms with Crippen LogP contribution in [0.4, 0.5) is 9.59 Å². The molecule has 3 N–H and O–H groups in total. The Bertz CT molecular complexity index is 1450. The SMILES string of the molecule is C.CC(C)(C)OC(=O)NCCOCC=O.CC(C)[C@@H](C(=O)OCc1ccccc1)N(C)CCOCCNC(=O)OC(C)(C)C.CN[C@H](C(=O)OCc1ccccc1)C(C)C.Cl. The highest BCUT2D eigenvalue weighted by Crippen LogP contribution is 2.13. The van der Waals surface area contributed by atoms with E-state index >= 15 is 0 Å². The van der Waals surface area contributed by atoms with Crippen LogP contribution in [0.25, 0.3) is 0 Å². The van der Waals surface area contributed by atoms with Gasteiger partial charge in [0.05, 0.1) is 19.8 Å². The van der Waals surface area contributed by atoms with Gasteiger partial charge in [0.15, 0.2) is 0 Å². The second-order valence-corrected chi connectivity index (χ2v) is 16.1.